The maximum absolute atomic E-state index is 13.6. The monoisotopic (exact) mass is 610 g/mol. The summed E-state index contributed by atoms with van der Waals surface area (Å²) in [6, 6.07) is 9.15. The average molecular weight is 611 g/mol. The van der Waals surface area contributed by atoms with Gasteiger partial charge in [0.15, 0.2) is 0 Å². The van der Waals surface area contributed by atoms with Crippen molar-refractivity contribution >= 4 is 27.4 Å². The normalized spacial score (nSPS) is 16.4. The van der Waals surface area contributed by atoms with Gasteiger partial charge in [0.25, 0.3) is 15.9 Å². The quantitative estimate of drug-likeness (QED) is 0.330. The number of hydrogen-bond acceptors (Lipinski definition) is 7. The van der Waals surface area contributed by atoms with Crippen LogP contribution in [-0.4, -0.2) is 50.0 Å². The van der Waals surface area contributed by atoms with E-state index in [2.05, 4.69) is 26.6 Å². The zero-order chi connectivity index (χ0) is 29.2. The molecule has 0 saturated carbocycles. The van der Waals surface area contributed by atoms with E-state index in [0.717, 1.165) is 44.5 Å². The van der Waals surface area contributed by atoms with E-state index in [4.69, 9.17) is 21.1 Å². The molecular formula is C28H30ClF3N4O4S. The summed E-state index contributed by atoms with van der Waals surface area (Å²) in [4.78, 5) is 10.2. The fourth-order valence-corrected chi connectivity index (χ4v) is 6.33. The van der Waals surface area contributed by atoms with E-state index in [1.165, 1.54) is 6.07 Å². The lowest BCUT2D eigenvalue weighted by molar-refractivity contribution is -0.139. The summed E-state index contributed by atoms with van der Waals surface area (Å²) in [5.74, 6) is 0.552. The molecule has 220 valence electrons. The van der Waals surface area contributed by atoms with Gasteiger partial charge in [0.2, 0.25) is 5.82 Å². The number of aryl methyl sites for hydroxylation is 2. The van der Waals surface area contributed by atoms with Crippen molar-refractivity contribution in [2.24, 2.45) is 5.92 Å². The molecule has 0 bridgehead atoms. The van der Waals surface area contributed by atoms with Gasteiger partial charge in [-0.2, -0.15) is 13.2 Å². The summed E-state index contributed by atoms with van der Waals surface area (Å²) in [6.45, 7) is 2.55. The second-order valence-corrected chi connectivity index (χ2v) is 12.4. The fourth-order valence-electron chi connectivity index (χ4n) is 4.93. The Hall–Kier alpha value is -3.09. The number of hydrogen-bond donors (Lipinski definition) is 1. The second-order valence-electron chi connectivity index (χ2n) is 10.3. The third-order valence-electron chi connectivity index (χ3n) is 7.24. The van der Waals surface area contributed by atoms with Gasteiger partial charge >= 0.3 is 6.18 Å². The number of sulfonamides is 1. The summed E-state index contributed by atoms with van der Waals surface area (Å²) in [5.41, 5.74) is 0.650. The van der Waals surface area contributed by atoms with Crippen LogP contribution in [0.2, 0.25) is 5.02 Å². The average Bonchev–Trinajstić information content (AvgIpc) is 3.39. The van der Waals surface area contributed by atoms with E-state index in [1.54, 1.807) is 18.2 Å². The van der Waals surface area contributed by atoms with Gasteiger partial charge in [-0.1, -0.05) is 29.8 Å². The summed E-state index contributed by atoms with van der Waals surface area (Å²) in [5, 5.41) is 0.454. The first kappa shape index (κ1) is 29.4. The maximum Gasteiger partial charge on any atom is 0.417 e. The molecule has 0 radical (unpaired) electrons. The zero-order valence-corrected chi connectivity index (χ0v) is 23.9. The Labute approximate surface area is 241 Å². The van der Waals surface area contributed by atoms with Crippen LogP contribution in [0, 0.1) is 5.92 Å². The third-order valence-corrected chi connectivity index (χ3v) is 8.95. The van der Waals surface area contributed by atoms with E-state index >= 15 is 0 Å². The Morgan fingerprint density at radius 3 is 2.49 bits per heavy atom. The fraction of sp³-hybridized carbons (Fsp3) is 0.429. The molecule has 0 unspecified atom stereocenters. The van der Waals surface area contributed by atoms with Crippen LogP contribution in [0.3, 0.4) is 0 Å². The standard InChI is InChI=1S/C28H30ClF3N4O4S/c1-36-13-11-18(12-14-36)16-39-24-15-19(9-10-21(24)29)17-40-27-26(33-22-6-4-7-23(22)34-27)35-41(37,38)25-8-3-2-5-20(25)28(30,31)32/h2-3,5,8-10,15,18H,4,6-7,11-14,16-17H2,1H3,(H,33,35). The van der Waals surface area contributed by atoms with Crippen LogP contribution in [0.1, 0.15) is 41.8 Å². The van der Waals surface area contributed by atoms with Crippen LogP contribution >= 0.6 is 11.6 Å². The Morgan fingerprint density at radius 2 is 1.76 bits per heavy atom. The maximum atomic E-state index is 13.6. The Kier molecular flexibility index (Phi) is 8.62. The highest BCUT2D eigenvalue weighted by Crippen LogP contribution is 2.36. The number of benzene rings is 2. The number of anilines is 1. The molecule has 2 aliphatic rings. The molecule has 1 aromatic heterocycles. The second kappa shape index (κ2) is 12.0. The Morgan fingerprint density at radius 1 is 1.05 bits per heavy atom. The SMILES string of the molecule is CN1CCC(COc2cc(COc3nc4c(nc3NS(=O)(=O)c3ccccc3C(F)(F)F)CCC4)ccc2Cl)CC1. The molecular weight excluding hydrogens is 581 g/mol. The van der Waals surface area contributed by atoms with Crippen LogP contribution in [0.15, 0.2) is 47.4 Å². The number of ether oxygens (including phenoxy) is 2. The number of rotatable bonds is 9. The molecule has 13 heteroatoms. The van der Waals surface area contributed by atoms with Crippen molar-refractivity contribution in [1.29, 1.82) is 0 Å². The van der Waals surface area contributed by atoms with Gasteiger partial charge in [-0.15, -0.1) is 0 Å². The van der Waals surface area contributed by atoms with Crippen molar-refractivity contribution in [3.63, 3.8) is 0 Å². The molecule has 0 atom stereocenters. The molecule has 0 amide bonds. The highest BCUT2D eigenvalue weighted by molar-refractivity contribution is 7.92. The molecule has 1 fully saturated rings. The minimum atomic E-state index is -4.87. The first-order chi connectivity index (χ1) is 19.5. The van der Waals surface area contributed by atoms with Crippen LogP contribution in [0.5, 0.6) is 11.6 Å². The van der Waals surface area contributed by atoms with Gasteiger partial charge in [0.05, 0.1) is 33.5 Å². The van der Waals surface area contributed by atoms with Gasteiger partial charge in [0, 0.05) is 0 Å². The smallest absolute Gasteiger partial charge is 0.417 e. The minimum absolute atomic E-state index is 0.0247. The van der Waals surface area contributed by atoms with Crippen LogP contribution < -0.4 is 14.2 Å². The Balaban J connectivity index is 1.35. The topological polar surface area (TPSA) is 93.7 Å². The minimum Gasteiger partial charge on any atom is -0.492 e. The van der Waals surface area contributed by atoms with Crippen LogP contribution in [0.25, 0.3) is 0 Å². The van der Waals surface area contributed by atoms with Gasteiger partial charge in [-0.3, -0.25) is 4.72 Å². The number of nitrogens with one attached hydrogen (secondary N) is 1. The molecule has 41 heavy (non-hydrogen) atoms. The molecule has 2 heterocycles. The predicted molar refractivity (Wildman–Crippen MR) is 148 cm³/mol. The van der Waals surface area contributed by atoms with Gasteiger partial charge in [-0.25, -0.2) is 18.4 Å². The number of likely N-dealkylation sites (tertiary alicyclic amines) is 1. The molecule has 1 N–H and O–H groups in total. The summed E-state index contributed by atoms with van der Waals surface area (Å²) in [7, 11) is -2.58. The number of piperidine rings is 1. The number of alkyl halides is 3. The zero-order valence-electron chi connectivity index (χ0n) is 22.4. The number of fused-ring (bicyclic) bond motifs is 1. The number of halogens is 4. The molecule has 5 rings (SSSR count). The lowest BCUT2D eigenvalue weighted by Gasteiger charge is -2.28. The molecule has 2 aromatic carbocycles. The van der Waals surface area contributed by atoms with Gasteiger partial charge < -0.3 is 14.4 Å². The third kappa shape index (κ3) is 7.04. The lowest BCUT2D eigenvalue weighted by Crippen LogP contribution is -2.32. The highest BCUT2D eigenvalue weighted by Gasteiger charge is 2.37. The molecule has 1 aliphatic carbocycles. The Bertz CT molecular complexity index is 1510. The van der Waals surface area contributed by atoms with Crippen molar-refractivity contribution in [2.75, 3.05) is 31.5 Å². The first-order valence-corrected chi connectivity index (χ1v) is 15.2. The highest BCUT2D eigenvalue weighted by atomic mass is 35.5. The first-order valence-electron chi connectivity index (χ1n) is 13.3. The van der Waals surface area contributed by atoms with Crippen LogP contribution in [0.4, 0.5) is 19.0 Å². The van der Waals surface area contributed by atoms with E-state index in [0.29, 0.717) is 59.2 Å². The van der Waals surface area contributed by atoms with Crippen molar-refractivity contribution in [1.82, 2.24) is 14.9 Å². The van der Waals surface area contributed by atoms with Crippen molar-refractivity contribution < 1.29 is 31.1 Å². The summed E-state index contributed by atoms with van der Waals surface area (Å²) >= 11 is 6.37. The van der Waals surface area contributed by atoms with Crippen LogP contribution in [-0.2, 0) is 35.6 Å². The van der Waals surface area contributed by atoms with E-state index < -0.39 is 26.7 Å². The van der Waals surface area contributed by atoms with Crippen molar-refractivity contribution in [2.45, 2.75) is 49.8 Å². The summed E-state index contributed by atoms with van der Waals surface area (Å²) in [6.07, 6.45) is -0.794. The predicted octanol–water partition coefficient (Wildman–Crippen LogP) is 5.74. The van der Waals surface area contributed by atoms with E-state index in [-0.39, 0.29) is 18.3 Å². The van der Waals surface area contributed by atoms with Gasteiger partial charge in [-0.05, 0) is 88.0 Å². The molecule has 1 saturated heterocycles. The molecule has 0 spiro atoms. The number of nitrogens with zero attached hydrogens (tertiary/aromatic N) is 3. The molecule has 3 aromatic rings. The van der Waals surface area contributed by atoms with Gasteiger partial charge in [0.1, 0.15) is 12.4 Å². The van der Waals surface area contributed by atoms with Crippen molar-refractivity contribution in [3.05, 3.63) is 70.0 Å². The molecule has 1 aliphatic heterocycles. The van der Waals surface area contributed by atoms with E-state index in [1.807, 2.05) is 0 Å². The van der Waals surface area contributed by atoms with E-state index in [9.17, 15) is 21.6 Å². The van der Waals surface area contributed by atoms with Crippen molar-refractivity contribution in [3.8, 4) is 11.6 Å². The summed E-state index contributed by atoms with van der Waals surface area (Å²) < 4.78 is 81.0. The number of aromatic nitrogens is 2. The molecule has 8 nitrogen and oxygen atoms in total. The largest absolute Gasteiger partial charge is 0.492 e. The lowest BCUT2D eigenvalue weighted by atomic mass is 9.98.